The standard InChI is InChI=1S/C33H44F2N10O3/c1-41(2)15-6-16-44-22-37-28-29(44)38-27(19-36)39-30(28)45(25-7-4-5-8-25)40-31(46)24-11-9-23(10-12-24)20-43-18-17-42(3)26(21-43)13-14-33(34,35)32(47)48/h9-12,22,25-26H,4-8,13-18,20-21H2,1-3H3,(H,40,46)(H,47,48). The Bertz CT molecular complexity index is 1620. The maximum Gasteiger partial charge on any atom is 0.374 e. The SMILES string of the molecule is CN(C)CCCn1cnc2c(N(NC(=O)c3ccc(CN4CCN(C)C(CCC(F)(F)C(=O)O)C4)cc3)C3CCCC3)nc(C#N)nc21. The lowest BCUT2D eigenvalue weighted by molar-refractivity contribution is -0.166. The number of rotatable bonds is 14. The predicted octanol–water partition coefficient (Wildman–Crippen LogP) is 3.36. The molecule has 2 fully saturated rings. The highest BCUT2D eigenvalue weighted by Gasteiger charge is 2.40. The number of likely N-dealkylation sites (N-methyl/N-ethyl adjacent to an activating group) is 1. The molecule has 1 aliphatic carbocycles. The van der Waals surface area contributed by atoms with Crippen molar-refractivity contribution in [3.63, 3.8) is 0 Å². The third-order valence-electron chi connectivity index (χ3n) is 9.28. The largest absolute Gasteiger partial charge is 0.477 e. The molecule has 2 aliphatic rings. The van der Waals surface area contributed by atoms with Crippen molar-refractivity contribution in [2.75, 3.05) is 52.3 Å². The first kappa shape index (κ1) is 35.1. The molecule has 3 heterocycles. The van der Waals surface area contributed by atoms with Gasteiger partial charge < -0.3 is 19.5 Å². The average molecular weight is 667 g/mol. The van der Waals surface area contributed by atoms with E-state index in [9.17, 15) is 23.6 Å². The molecule has 0 spiro atoms. The Hall–Kier alpha value is -4.26. The van der Waals surface area contributed by atoms with E-state index in [1.165, 1.54) is 0 Å². The second kappa shape index (κ2) is 15.3. The van der Waals surface area contributed by atoms with Gasteiger partial charge in [0.15, 0.2) is 17.0 Å². The monoisotopic (exact) mass is 666 g/mol. The van der Waals surface area contributed by atoms with Crippen molar-refractivity contribution in [2.24, 2.45) is 0 Å². The summed E-state index contributed by atoms with van der Waals surface area (Å²) < 4.78 is 29.4. The molecule has 1 saturated carbocycles. The van der Waals surface area contributed by atoms with Crippen LogP contribution in [0.25, 0.3) is 11.2 Å². The first-order valence-corrected chi connectivity index (χ1v) is 16.5. The van der Waals surface area contributed by atoms with Gasteiger partial charge in [-0.25, -0.2) is 9.78 Å². The molecule has 13 nitrogen and oxygen atoms in total. The van der Waals surface area contributed by atoms with Crippen molar-refractivity contribution < 1.29 is 23.5 Å². The zero-order valence-corrected chi connectivity index (χ0v) is 27.8. The number of carbonyl (C=O) groups excluding carboxylic acids is 1. The van der Waals surface area contributed by atoms with Crippen LogP contribution in [0.5, 0.6) is 0 Å². The van der Waals surface area contributed by atoms with Crippen LogP contribution in [-0.2, 0) is 17.9 Å². The quantitative estimate of drug-likeness (QED) is 0.244. The van der Waals surface area contributed by atoms with E-state index in [0.717, 1.165) is 50.8 Å². The molecule has 1 saturated heterocycles. The van der Waals surface area contributed by atoms with Gasteiger partial charge in [-0.05, 0) is 71.1 Å². The zero-order valence-electron chi connectivity index (χ0n) is 27.8. The number of hydrogen-bond donors (Lipinski definition) is 2. The molecular weight excluding hydrogens is 622 g/mol. The van der Waals surface area contributed by atoms with Gasteiger partial charge in [0.2, 0.25) is 5.82 Å². The Balaban J connectivity index is 1.29. The molecule has 1 unspecified atom stereocenters. The van der Waals surface area contributed by atoms with Crippen LogP contribution in [0.4, 0.5) is 14.6 Å². The lowest BCUT2D eigenvalue weighted by Gasteiger charge is -2.40. The Kier molecular flexibility index (Phi) is 11.2. The molecule has 1 atom stereocenters. The number of fused-ring (bicyclic) bond motifs is 1. The number of nitrogens with one attached hydrogen (secondary N) is 1. The number of carbonyl (C=O) groups is 2. The summed E-state index contributed by atoms with van der Waals surface area (Å²) in [7, 11) is 5.90. The van der Waals surface area contributed by atoms with Gasteiger partial charge in [0, 0.05) is 50.7 Å². The summed E-state index contributed by atoms with van der Waals surface area (Å²) in [6, 6.07) is 9.15. The highest BCUT2D eigenvalue weighted by atomic mass is 19.3. The van der Waals surface area contributed by atoms with E-state index in [1.54, 1.807) is 23.5 Å². The van der Waals surface area contributed by atoms with Crippen LogP contribution >= 0.6 is 0 Å². The Morgan fingerprint density at radius 2 is 1.88 bits per heavy atom. The number of halogens is 2. The fourth-order valence-electron chi connectivity index (χ4n) is 6.46. The third-order valence-corrected chi connectivity index (χ3v) is 9.28. The number of hydrogen-bond acceptors (Lipinski definition) is 10. The molecule has 48 heavy (non-hydrogen) atoms. The number of hydrazine groups is 1. The number of piperazine rings is 1. The minimum absolute atomic E-state index is 0.00945. The van der Waals surface area contributed by atoms with Crippen molar-refractivity contribution in [2.45, 2.75) is 76.0 Å². The van der Waals surface area contributed by atoms with Crippen molar-refractivity contribution in [3.05, 3.63) is 47.5 Å². The lowest BCUT2D eigenvalue weighted by atomic mass is 10.0. The number of carboxylic acid groups (broad SMARTS) is 1. The minimum atomic E-state index is -3.74. The number of nitriles is 1. The molecule has 3 aromatic rings. The van der Waals surface area contributed by atoms with Gasteiger partial charge in [0.1, 0.15) is 6.07 Å². The number of alkyl halides is 2. The van der Waals surface area contributed by atoms with E-state index in [4.69, 9.17) is 5.11 Å². The zero-order chi connectivity index (χ0) is 34.4. The molecule has 0 radical (unpaired) electrons. The third kappa shape index (κ3) is 8.41. The van der Waals surface area contributed by atoms with E-state index >= 15 is 0 Å². The topological polar surface area (TPSA) is 147 Å². The van der Waals surface area contributed by atoms with Crippen LogP contribution in [0.15, 0.2) is 30.6 Å². The number of aromatic nitrogens is 4. The summed E-state index contributed by atoms with van der Waals surface area (Å²) in [4.78, 5) is 44.4. The second-order valence-corrected chi connectivity index (χ2v) is 13.1. The maximum absolute atomic E-state index is 13.7. The molecule has 15 heteroatoms. The fourth-order valence-corrected chi connectivity index (χ4v) is 6.46. The number of carboxylic acids is 1. The summed E-state index contributed by atoms with van der Waals surface area (Å²) in [5.74, 6) is -5.73. The van der Waals surface area contributed by atoms with E-state index in [0.29, 0.717) is 48.7 Å². The van der Waals surface area contributed by atoms with Gasteiger partial charge in [-0.2, -0.15) is 24.0 Å². The van der Waals surface area contributed by atoms with Crippen LogP contribution in [0.1, 0.15) is 66.7 Å². The number of aliphatic carboxylic acids is 1. The summed E-state index contributed by atoms with van der Waals surface area (Å²) in [5, 5.41) is 20.3. The van der Waals surface area contributed by atoms with E-state index < -0.39 is 18.3 Å². The Labute approximate surface area is 279 Å². The highest BCUT2D eigenvalue weighted by molar-refractivity contribution is 5.96. The van der Waals surface area contributed by atoms with Gasteiger partial charge in [0.25, 0.3) is 5.91 Å². The van der Waals surface area contributed by atoms with Crippen molar-refractivity contribution in [1.29, 1.82) is 5.26 Å². The van der Waals surface area contributed by atoms with Crippen LogP contribution in [0.3, 0.4) is 0 Å². The molecule has 0 bridgehead atoms. The highest BCUT2D eigenvalue weighted by Crippen LogP contribution is 2.30. The van der Waals surface area contributed by atoms with E-state index in [-0.39, 0.29) is 30.2 Å². The summed E-state index contributed by atoms with van der Waals surface area (Å²) in [5.41, 5.74) is 5.57. The van der Waals surface area contributed by atoms with Gasteiger partial charge in [-0.3, -0.25) is 20.1 Å². The minimum Gasteiger partial charge on any atom is -0.477 e. The van der Waals surface area contributed by atoms with Crippen molar-refractivity contribution >= 4 is 28.9 Å². The molecule has 1 amide bonds. The normalized spacial score (nSPS) is 18.0. The summed E-state index contributed by atoms with van der Waals surface area (Å²) in [6.07, 6.45) is 5.70. The van der Waals surface area contributed by atoms with Gasteiger partial charge >= 0.3 is 11.9 Å². The number of nitrogens with zero attached hydrogens (tertiary/aromatic N) is 9. The van der Waals surface area contributed by atoms with Crippen LogP contribution in [-0.4, -0.2) is 117 Å². The molecule has 5 rings (SSSR count). The van der Waals surface area contributed by atoms with E-state index in [2.05, 4.69) is 36.2 Å². The van der Waals surface area contributed by atoms with Crippen LogP contribution in [0, 0.1) is 11.3 Å². The molecule has 2 N–H and O–H groups in total. The van der Waals surface area contributed by atoms with Gasteiger partial charge in [0.05, 0.1) is 12.4 Å². The first-order valence-electron chi connectivity index (χ1n) is 16.5. The van der Waals surface area contributed by atoms with Crippen LogP contribution < -0.4 is 10.4 Å². The molecule has 258 valence electrons. The average Bonchev–Trinajstić information content (AvgIpc) is 3.74. The number of anilines is 1. The van der Waals surface area contributed by atoms with Crippen LogP contribution in [0.2, 0.25) is 0 Å². The first-order chi connectivity index (χ1) is 22.9. The number of amides is 1. The van der Waals surface area contributed by atoms with Crippen molar-refractivity contribution in [3.8, 4) is 6.07 Å². The molecule has 2 aromatic heterocycles. The smallest absolute Gasteiger partial charge is 0.374 e. The second-order valence-electron chi connectivity index (χ2n) is 13.1. The molecule has 1 aliphatic heterocycles. The summed E-state index contributed by atoms with van der Waals surface area (Å²) >= 11 is 0. The number of benzene rings is 1. The van der Waals surface area contributed by atoms with Crippen molar-refractivity contribution in [1.82, 2.24) is 39.6 Å². The van der Waals surface area contributed by atoms with Gasteiger partial charge in [-0.1, -0.05) is 25.0 Å². The molecule has 1 aromatic carbocycles. The van der Waals surface area contributed by atoms with Gasteiger partial charge in [-0.15, -0.1) is 0 Å². The molecular formula is C33H44F2N10O3. The van der Waals surface area contributed by atoms with E-state index in [1.807, 2.05) is 42.7 Å². The maximum atomic E-state index is 13.7. The Morgan fingerprint density at radius 3 is 2.54 bits per heavy atom. The lowest BCUT2D eigenvalue weighted by Crippen LogP contribution is -2.51. The summed E-state index contributed by atoms with van der Waals surface area (Å²) in [6.45, 7) is 4.09. The Morgan fingerprint density at radius 1 is 1.15 bits per heavy atom. The fraction of sp³-hybridized carbons (Fsp3) is 0.576. The number of imidazole rings is 1. The predicted molar refractivity (Wildman–Crippen MR) is 175 cm³/mol. The number of aryl methyl sites for hydroxylation is 1.